The van der Waals surface area contributed by atoms with Crippen LogP contribution in [0.3, 0.4) is 0 Å². The van der Waals surface area contributed by atoms with Crippen LogP contribution < -0.4 is 20.1 Å². The van der Waals surface area contributed by atoms with Gasteiger partial charge >= 0.3 is 0 Å². The largest absolute Gasteiger partial charge is 0.497 e. The van der Waals surface area contributed by atoms with E-state index in [0.29, 0.717) is 11.3 Å². The normalized spacial score (nSPS) is 13.6. The number of nitro benzene ring substituents is 1. The Morgan fingerprint density at radius 3 is 2.47 bits per heavy atom. The highest BCUT2D eigenvalue weighted by Crippen LogP contribution is 2.33. The number of hydrogen-bond donors (Lipinski definition) is 2. The number of carbonyl (C=O) groups is 1. The lowest BCUT2D eigenvalue weighted by atomic mass is 9.91. The molecule has 1 amide bonds. The third-order valence-electron chi connectivity index (χ3n) is 5.74. The number of halogens is 1. The van der Waals surface area contributed by atoms with Crippen molar-refractivity contribution in [3.63, 3.8) is 0 Å². The van der Waals surface area contributed by atoms with Crippen LogP contribution in [0, 0.1) is 10.1 Å². The molecule has 4 rings (SSSR count). The second-order valence-electron chi connectivity index (χ2n) is 7.67. The van der Waals surface area contributed by atoms with E-state index >= 15 is 0 Å². The first-order valence-electron chi connectivity index (χ1n) is 10.6. The molecule has 2 heterocycles. The SMILES string of the molecule is COc1ccc(-n2ncc(C(=O)Nc3cc([N+](=O)[O-])ccc3OC)c2C2CCNCC2)cc1.Cl. The van der Waals surface area contributed by atoms with Gasteiger partial charge in [0.2, 0.25) is 0 Å². The summed E-state index contributed by atoms with van der Waals surface area (Å²) in [7, 11) is 3.05. The molecule has 11 heteroatoms. The number of ether oxygens (including phenoxy) is 2. The lowest BCUT2D eigenvalue weighted by Crippen LogP contribution is -2.29. The average Bonchev–Trinajstić information content (AvgIpc) is 3.30. The van der Waals surface area contributed by atoms with Crippen molar-refractivity contribution >= 4 is 29.7 Å². The van der Waals surface area contributed by atoms with Crippen LogP contribution in [-0.4, -0.2) is 47.9 Å². The molecule has 1 saturated heterocycles. The summed E-state index contributed by atoms with van der Waals surface area (Å²) in [6.07, 6.45) is 3.27. The van der Waals surface area contributed by atoms with Crippen LogP contribution in [0.15, 0.2) is 48.7 Å². The number of amides is 1. The van der Waals surface area contributed by atoms with Crippen LogP contribution in [-0.2, 0) is 0 Å². The van der Waals surface area contributed by atoms with Gasteiger partial charge in [-0.2, -0.15) is 5.10 Å². The van der Waals surface area contributed by atoms with Gasteiger partial charge in [0.25, 0.3) is 11.6 Å². The molecule has 1 aromatic heterocycles. The molecule has 180 valence electrons. The molecule has 0 spiro atoms. The molecule has 2 aromatic carbocycles. The number of aromatic nitrogens is 2. The van der Waals surface area contributed by atoms with Crippen molar-refractivity contribution in [3.8, 4) is 17.2 Å². The van der Waals surface area contributed by atoms with Crippen molar-refractivity contribution in [2.75, 3.05) is 32.6 Å². The van der Waals surface area contributed by atoms with E-state index in [9.17, 15) is 14.9 Å². The number of nitrogens with zero attached hydrogens (tertiary/aromatic N) is 3. The summed E-state index contributed by atoms with van der Waals surface area (Å²) in [5, 5.41) is 21.8. The molecule has 34 heavy (non-hydrogen) atoms. The molecule has 0 radical (unpaired) electrons. The lowest BCUT2D eigenvalue weighted by molar-refractivity contribution is -0.384. The number of piperidine rings is 1. The van der Waals surface area contributed by atoms with Gasteiger partial charge in [-0.15, -0.1) is 12.4 Å². The number of non-ortho nitro benzene ring substituents is 1. The predicted octanol–water partition coefficient (Wildman–Crippen LogP) is 3.94. The number of carbonyl (C=O) groups excluding carboxylic acids is 1. The third kappa shape index (κ3) is 5.13. The highest BCUT2D eigenvalue weighted by Gasteiger charge is 2.28. The van der Waals surface area contributed by atoms with Gasteiger partial charge in [-0.25, -0.2) is 4.68 Å². The van der Waals surface area contributed by atoms with Crippen LogP contribution in [0.25, 0.3) is 5.69 Å². The van der Waals surface area contributed by atoms with Crippen LogP contribution in [0.5, 0.6) is 11.5 Å². The summed E-state index contributed by atoms with van der Waals surface area (Å²) in [4.78, 5) is 24.0. The van der Waals surface area contributed by atoms with Gasteiger partial charge in [0.15, 0.2) is 0 Å². The molecule has 1 aliphatic rings. The van der Waals surface area contributed by atoms with E-state index in [2.05, 4.69) is 15.7 Å². The van der Waals surface area contributed by atoms with E-state index < -0.39 is 10.8 Å². The Hall–Kier alpha value is -3.63. The van der Waals surface area contributed by atoms with Gasteiger partial charge in [-0.1, -0.05) is 0 Å². The van der Waals surface area contributed by atoms with Crippen molar-refractivity contribution in [2.45, 2.75) is 18.8 Å². The first-order chi connectivity index (χ1) is 16.0. The fourth-order valence-electron chi connectivity index (χ4n) is 4.05. The summed E-state index contributed by atoms with van der Waals surface area (Å²) in [5.74, 6) is 0.788. The Morgan fingerprint density at radius 2 is 1.85 bits per heavy atom. The maximum Gasteiger partial charge on any atom is 0.271 e. The van der Waals surface area contributed by atoms with E-state index in [1.807, 2.05) is 24.3 Å². The Balaban J connectivity index is 0.00000324. The van der Waals surface area contributed by atoms with Gasteiger partial charge in [0.1, 0.15) is 11.5 Å². The van der Waals surface area contributed by atoms with Gasteiger partial charge < -0.3 is 20.1 Å². The molecule has 0 aliphatic carbocycles. The van der Waals surface area contributed by atoms with Gasteiger partial charge in [0.05, 0.1) is 48.0 Å². The maximum absolute atomic E-state index is 13.3. The quantitative estimate of drug-likeness (QED) is 0.382. The zero-order chi connectivity index (χ0) is 23.4. The summed E-state index contributed by atoms with van der Waals surface area (Å²) in [6, 6.07) is 11.5. The van der Waals surface area contributed by atoms with Crippen molar-refractivity contribution in [2.24, 2.45) is 0 Å². The molecular formula is C23H26ClN5O5. The second-order valence-corrected chi connectivity index (χ2v) is 7.67. The number of hydrogen-bond acceptors (Lipinski definition) is 7. The summed E-state index contributed by atoms with van der Waals surface area (Å²) >= 11 is 0. The lowest BCUT2D eigenvalue weighted by Gasteiger charge is -2.24. The molecule has 1 fully saturated rings. The molecule has 1 aliphatic heterocycles. The van der Waals surface area contributed by atoms with Crippen LogP contribution in [0.2, 0.25) is 0 Å². The number of nitrogens with one attached hydrogen (secondary N) is 2. The smallest absolute Gasteiger partial charge is 0.271 e. The maximum atomic E-state index is 13.3. The number of benzene rings is 2. The summed E-state index contributed by atoms with van der Waals surface area (Å²) in [5.41, 5.74) is 2.13. The molecule has 3 aromatic rings. The molecular weight excluding hydrogens is 462 g/mol. The van der Waals surface area contributed by atoms with Crippen molar-refractivity contribution < 1.29 is 19.2 Å². The van der Waals surface area contributed by atoms with Crippen LogP contribution >= 0.6 is 12.4 Å². The van der Waals surface area contributed by atoms with E-state index in [1.165, 1.54) is 25.3 Å². The Morgan fingerprint density at radius 1 is 1.15 bits per heavy atom. The van der Waals surface area contributed by atoms with Gasteiger partial charge in [-0.3, -0.25) is 14.9 Å². The molecule has 0 unspecified atom stereocenters. The van der Waals surface area contributed by atoms with E-state index in [4.69, 9.17) is 9.47 Å². The molecule has 0 atom stereocenters. The van der Waals surface area contributed by atoms with E-state index in [1.54, 1.807) is 18.0 Å². The van der Waals surface area contributed by atoms with E-state index in [0.717, 1.165) is 43.1 Å². The highest BCUT2D eigenvalue weighted by molar-refractivity contribution is 6.06. The summed E-state index contributed by atoms with van der Waals surface area (Å²) < 4.78 is 12.3. The number of nitro groups is 1. The Bertz CT molecular complexity index is 1160. The minimum absolute atomic E-state index is 0. The Kier molecular flexibility index (Phi) is 8.08. The molecule has 10 nitrogen and oxygen atoms in total. The zero-order valence-corrected chi connectivity index (χ0v) is 19.6. The topological polar surface area (TPSA) is 121 Å². The first-order valence-corrected chi connectivity index (χ1v) is 10.6. The standard InChI is InChI=1S/C23H25N5O5.ClH/c1-32-18-6-3-16(4-7-18)27-22(15-9-11-24-12-10-15)19(14-25-27)23(29)26-20-13-17(28(30)31)5-8-21(20)33-2;/h3-8,13-15,24H,9-12H2,1-2H3,(H,26,29);1H. The van der Waals surface area contributed by atoms with E-state index in [-0.39, 0.29) is 29.7 Å². The number of anilines is 1. The molecule has 2 N–H and O–H groups in total. The minimum atomic E-state index is -0.517. The van der Waals surface area contributed by atoms with Crippen LogP contribution in [0.4, 0.5) is 11.4 Å². The molecule has 0 saturated carbocycles. The fraction of sp³-hybridized carbons (Fsp3) is 0.304. The second kappa shape index (κ2) is 11.0. The van der Waals surface area contributed by atoms with Gasteiger partial charge in [0, 0.05) is 18.1 Å². The molecule has 0 bridgehead atoms. The highest BCUT2D eigenvalue weighted by atomic mass is 35.5. The third-order valence-corrected chi connectivity index (χ3v) is 5.74. The fourth-order valence-corrected chi connectivity index (χ4v) is 4.05. The van der Waals surface area contributed by atoms with Crippen LogP contribution in [0.1, 0.15) is 34.8 Å². The average molecular weight is 488 g/mol. The van der Waals surface area contributed by atoms with Crippen molar-refractivity contribution in [1.82, 2.24) is 15.1 Å². The summed E-state index contributed by atoms with van der Waals surface area (Å²) in [6.45, 7) is 1.69. The van der Waals surface area contributed by atoms with Gasteiger partial charge in [-0.05, 0) is 56.3 Å². The zero-order valence-electron chi connectivity index (χ0n) is 18.8. The predicted molar refractivity (Wildman–Crippen MR) is 130 cm³/mol. The number of methoxy groups -OCH3 is 2. The van der Waals surface area contributed by atoms with Crippen molar-refractivity contribution in [3.05, 3.63) is 70.0 Å². The Labute approximate surface area is 202 Å². The minimum Gasteiger partial charge on any atom is -0.497 e. The first kappa shape index (κ1) is 25.0. The monoisotopic (exact) mass is 487 g/mol. The number of rotatable bonds is 7. The van der Waals surface area contributed by atoms with Crippen molar-refractivity contribution in [1.29, 1.82) is 0 Å².